The molecule has 2 aromatic carbocycles. The molecule has 9 atom stereocenters. The van der Waals surface area contributed by atoms with Gasteiger partial charge in [-0.05, 0) is 51.5 Å². The van der Waals surface area contributed by atoms with E-state index in [1.54, 1.807) is 24.3 Å². The van der Waals surface area contributed by atoms with Gasteiger partial charge in [0.25, 0.3) is 0 Å². The lowest BCUT2D eigenvalue weighted by molar-refractivity contribution is -0.341. The molecule has 3 aromatic rings. The molecule has 0 radical (unpaired) electrons. The maximum absolute atomic E-state index is 14.2. The molecule has 1 aromatic heterocycles. The third kappa shape index (κ3) is 6.43. The minimum atomic E-state index is -1.75. The van der Waals surface area contributed by atoms with Gasteiger partial charge in [-0.3, -0.25) is 4.79 Å². The van der Waals surface area contributed by atoms with Crippen LogP contribution in [0.2, 0.25) is 0 Å². The molecule has 5 rings (SSSR count). The van der Waals surface area contributed by atoms with Crippen molar-refractivity contribution in [2.45, 2.75) is 82.5 Å². The number of phenols is 2. The number of phenolic OH excluding ortho intramolecular Hbond substituents is 2. The molecule has 2 saturated heterocycles. The maximum atomic E-state index is 14.2. The molecule has 2 aliphatic rings. The van der Waals surface area contributed by atoms with Crippen LogP contribution in [0.1, 0.15) is 26.3 Å². The lowest BCUT2D eigenvalue weighted by atomic mass is 9.99. The van der Waals surface area contributed by atoms with Crippen molar-refractivity contribution in [3.63, 3.8) is 0 Å². The largest absolute Gasteiger partial charge is 0.507 e. The number of aliphatic hydroxyl groups is 5. The van der Waals surface area contributed by atoms with Crippen LogP contribution >= 0.6 is 0 Å². The molecule has 250 valence electrons. The van der Waals surface area contributed by atoms with E-state index in [1.807, 2.05) is 19.9 Å². The quantitative estimate of drug-likeness (QED) is 0.170. The molecule has 14 nitrogen and oxygen atoms in total. The van der Waals surface area contributed by atoms with E-state index in [0.29, 0.717) is 11.3 Å². The fraction of sp³-hybridized carbons (Fsp3) is 0.469. The lowest BCUT2D eigenvalue weighted by Gasteiger charge is -2.44. The molecule has 0 unspecified atom stereocenters. The van der Waals surface area contributed by atoms with Crippen LogP contribution in [0.25, 0.3) is 22.3 Å². The Morgan fingerprint density at radius 2 is 1.65 bits per heavy atom. The van der Waals surface area contributed by atoms with E-state index < -0.39 is 78.8 Å². The Hall–Kier alpha value is -3.73. The topological polar surface area (TPSA) is 218 Å². The second-order valence-electron chi connectivity index (χ2n) is 11.6. The van der Waals surface area contributed by atoms with E-state index in [2.05, 4.69) is 0 Å². The predicted molar refractivity (Wildman–Crippen MR) is 161 cm³/mol. The molecule has 2 fully saturated rings. The van der Waals surface area contributed by atoms with Crippen LogP contribution in [0.5, 0.6) is 23.0 Å². The molecule has 3 heterocycles. The Labute approximate surface area is 263 Å². The zero-order chi connectivity index (χ0) is 33.4. The number of ether oxygens (including phenoxy) is 5. The Balaban J connectivity index is 1.65. The third-order valence-electron chi connectivity index (χ3n) is 8.01. The SMILES string of the molecule is COc1ccc(-c2oc3c(CC=C(C)C)c(O)cc(O)c3c(=O)c2O[C@@H]2O[C@H](C)[C@@H](O)[C@H](O)[C@@H]2O[C@@H]2OC[C@H](O)[C@@H](O)[C@@H]2O)cc1. The average Bonchev–Trinajstić information content (AvgIpc) is 3.02. The van der Waals surface area contributed by atoms with Gasteiger partial charge < -0.3 is 63.8 Å². The second-order valence-corrected chi connectivity index (χ2v) is 11.6. The van der Waals surface area contributed by atoms with Gasteiger partial charge >= 0.3 is 0 Å². The van der Waals surface area contributed by atoms with Gasteiger partial charge in [-0.15, -0.1) is 0 Å². The number of rotatable bonds is 8. The van der Waals surface area contributed by atoms with Crippen molar-refractivity contribution in [3.05, 3.63) is 57.8 Å². The highest BCUT2D eigenvalue weighted by molar-refractivity contribution is 5.91. The van der Waals surface area contributed by atoms with Crippen molar-refractivity contribution in [2.75, 3.05) is 13.7 Å². The van der Waals surface area contributed by atoms with Crippen LogP contribution in [-0.2, 0) is 20.6 Å². The van der Waals surface area contributed by atoms with E-state index >= 15 is 0 Å². The number of aliphatic hydroxyl groups excluding tert-OH is 5. The van der Waals surface area contributed by atoms with Gasteiger partial charge in [-0.1, -0.05) is 11.6 Å². The van der Waals surface area contributed by atoms with Crippen molar-refractivity contribution in [2.24, 2.45) is 0 Å². The van der Waals surface area contributed by atoms with Gasteiger partial charge in [0, 0.05) is 17.2 Å². The number of hydrogen-bond acceptors (Lipinski definition) is 14. The maximum Gasteiger partial charge on any atom is 0.239 e. The number of methoxy groups -OCH3 is 1. The molecule has 0 bridgehead atoms. The molecular formula is C32H38O14. The molecule has 0 aliphatic carbocycles. The summed E-state index contributed by atoms with van der Waals surface area (Å²) in [5.41, 5.74) is 0.550. The van der Waals surface area contributed by atoms with Crippen molar-refractivity contribution >= 4 is 11.0 Å². The third-order valence-corrected chi connectivity index (χ3v) is 8.01. The normalized spacial score (nSPS) is 29.8. The summed E-state index contributed by atoms with van der Waals surface area (Å²) in [6.45, 7) is 4.76. The number of benzene rings is 2. The van der Waals surface area contributed by atoms with Gasteiger partial charge in [0.1, 0.15) is 58.7 Å². The van der Waals surface area contributed by atoms with E-state index in [4.69, 9.17) is 28.1 Å². The summed E-state index contributed by atoms with van der Waals surface area (Å²) in [5.74, 6) is -0.982. The molecular weight excluding hydrogens is 608 g/mol. The number of fused-ring (bicyclic) bond motifs is 1. The van der Waals surface area contributed by atoms with Crippen molar-refractivity contribution < 1.29 is 63.8 Å². The van der Waals surface area contributed by atoms with Gasteiger partial charge in [0.15, 0.2) is 18.2 Å². The van der Waals surface area contributed by atoms with E-state index in [9.17, 15) is 40.5 Å². The van der Waals surface area contributed by atoms with Gasteiger partial charge in [0.2, 0.25) is 17.5 Å². The van der Waals surface area contributed by atoms with Gasteiger partial charge in [0.05, 0.1) is 19.8 Å². The van der Waals surface area contributed by atoms with E-state index in [0.717, 1.165) is 11.6 Å². The van der Waals surface area contributed by atoms with Crippen LogP contribution in [0.3, 0.4) is 0 Å². The lowest BCUT2D eigenvalue weighted by Crippen LogP contribution is -2.62. The molecule has 7 N–H and O–H groups in total. The molecule has 0 amide bonds. The van der Waals surface area contributed by atoms with Crippen molar-refractivity contribution in [1.29, 1.82) is 0 Å². The number of hydrogen-bond donors (Lipinski definition) is 7. The standard InChI is InChI=1S/C32H38O14/c1-13(2)5-10-17-18(33)11-19(34)21-24(38)29(27(44-28(17)21)15-6-8-16(41-4)9-7-15)45-32-30(25(39)22(36)14(3)43-32)46-31-26(40)23(37)20(35)12-42-31/h5-9,11,14,20,22-23,25-26,30-37,39-40H,10,12H2,1-4H3/t14-,20+,22-,23-,25+,26+,30+,31+,32+/m1/s1. The highest BCUT2D eigenvalue weighted by Crippen LogP contribution is 2.40. The van der Waals surface area contributed by atoms with E-state index in [1.165, 1.54) is 14.0 Å². The molecule has 0 saturated carbocycles. The van der Waals surface area contributed by atoms with Crippen LogP contribution in [0.15, 0.2) is 51.2 Å². The second kappa shape index (κ2) is 13.6. The number of allylic oxidation sites excluding steroid dienone is 2. The first-order valence-electron chi connectivity index (χ1n) is 14.6. The van der Waals surface area contributed by atoms with Gasteiger partial charge in [-0.25, -0.2) is 0 Å². The smallest absolute Gasteiger partial charge is 0.239 e. The van der Waals surface area contributed by atoms with Crippen LogP contribution in [0, 0.1) is 0 Å². The summed E-state index contributed by atoms with van der Waals surface area (Å²) in [5, 5.41) is 73.3. The Morgan fingerprint density at radius 3 is 2.30 bits per heavy atom. The summed E-state index contributed by atoms with van der Waals surface area (Å²) >= 11 is 0. The molecule has 46 heavy (non-hydrogen) atoms. The monoisotopic (exact) mass is 646 g/mol. The average molecular weight is 647 g/mol. The molecule has 2 aliphatic heterocycles. The minimum Gasteiger partial charge on any atom is -0.507 e. The van der Waals surface area contributed by atoms with Crippen LogP contribution in [0.4, 0.5) is 0 Å². The Kier molecular flexibility index (Phi) is 9.91. The summed E-state index contributed by atoms with van der Waals surface area (Å²) in [4.78, 5) is 14.2. The van der Waals surface area contributed by atoms with Crippen molar-refractivity contribution in [1.82, 2.24) is 0 Å². The highest BCUT2D eigenvalue weighted by Gasteiger charge is 2.49. The summed E-state index contributed by atoms with van der Waals surface area (Å²) in [6, 6.07) is 7.42. The first-order chi connectivity index (χ1) is 21.8. The fourth-order valence-corrected chi connectivity index (χ4v) is 5.32. The van der Waals surface area contributed by atoms with E-state index in [-0.39, 0.29) is 34.5 Å². The number of aromatic hydroxyl groups is 2. The Bertz CT molecular complexity index is 1630. The highest BCUT2D eigenvalue weighted by atomic mass is 16.8. The van der Waals surface area contributed by atoms with Gasteiger partial charge in [-0.2, -0.15) is 0 Å². The zero-order valence-corrected chi connectivity index (χ0v) is 25.6. The summed E-state index contributed by atoms with van der Waals surface area (Å²) < 4.78 is 34.5. The zero-order valence-electron chi connectivity index (χ0n) is 25.6. The Morgan fingerprint density at radius 1 is 0.957 bits per heavy atom. The molecule has 0 spiro atoms. The minimum absolute atomic E-state index is 0.0920. The molecule has 14 heteroatoms. The van der Waals surface area contributed by atoms with Crippen LogP contribution in [-0.4, -0.2) is 105 Å². The summed E-state index contributed by atoms with van der Waals surface area (Å²) in [7, 11) is 1.48. The summed E-state index contributed by atoms with van der Waals surface area (Å²) in [6.07, 6.45) is -11.9. The van der Waals surface area contributed by atoms with Crippen molar-refractivity contribution in [3.8, 4) is 34.3 Å². The predicted octanol–water partition coefficient (Wildman–Crippen LogP) is 1.06. The fourth-order valence-electron chi connectivity index (χ4n) is 5.32. The first-order valence-corrected chi connectivity index (χ1v) is 14.6. The first kappa shape index (κ1) is 33.6. The van der Waals surface area contributed by atoms with Crippen LogP contribution < -0.4 is 14.9 Å².